The van der Waals surface area contributed by atoms with Gasteiger partial charge in [0.05, 0.1) is 7.11 Å². The lowest BCUT2D eigenvalue weighted by Gasteiger charge is -2.34. The first-order valence-electron chi connectivity index (χ1n) is 5.84. The molecule has 0 N–H and O–H groups in total. The molecule has 0 aliphatic heterocycles. The van der Waals surface area contributed by atoms with Crippen LogP contribution in [0, 0.1) is 0 Å². The van der Waals surface area contributed by atoms with Crippen LogP contribution in [0.15, 0.2) is 24.3 Å². The molecule has 1 aromatic rings. The molecule has 0 aromatic heterocycles. The molecule has 0 bridgehead atoms. The van der Waals surface area contributed by atoms with Crippen LogP contribution < -0.4 is 4.90 Å². The summed E-state index contributed by atoms with van der Waals surface area (Å²) in [4.78, 5) is 13.6. The maximum atomic E-state index is 11.7. The van der Waals surface area contributed by atoms with Crippen LogP contribution in [0.25, 0.3) is 0 Å². The fourth-order valence-electron chi connectivity index (χ4n) is 1.66. The molecule has 0 radical (unpaired) electrons. The summed E-state index contributed by atoms with van der Waals surface area (Å²) in [7, 11) is 3.32. The highest BCUT2D eigenvalue weighted by Crippen LogP contribution is 2.23. The quantitative estimate of drug-likeness (QED) is 0.751. The molecule has 1 aromatic carbocycles. The zero-order chi connectivity index (χ0) is 13.1. The second-order valence-electron chi connectivity index (χ2n) is 4.63. The van der Waals surface area contributed by atoms with Gasteiger partial charge in [0, 0.05) is 12.7 Å². The number of hydrogen-bond donors (Lipinski definition) is 0. The molecule has 0 atom stereocenters. The second-order valence-corrected chi connectivity index (χ2v) is 4.63. The highest BCUT2D eigenvalue weighted by Gasteiger charge is 2.33. The number of methoxy groups -OCH3 is 1. The Morgan fingerprint density at radius 2 is 1.82 bits per heavy atom. The summed E-state index contributed by atoms with van der Waals surface area (Å²) in [6.45, 7) is 5.83. The van der Waals surface area contributed by atoms with Crippen LogP contribution in [0.1, 0.15) is 26.3 Å². The van der Waals surface area contributed by atoms with Gasteiger partial charge in [-0.1, -0.05) is 19.1 Å². The minimum atomic E-state index is -0.664. The molecule has 3 nitrogen and oxygen atoms in total. The molecule has 0 fully saturated rings. The normalized spacial score (nSPS) is 11.1. The molecule has 0 saturated carbocycles. The van der Waals surface area contributed by atoms with E-state index in [2.05, 4.69) is 19.1 Å². The number of ether oxygens (including phenoxy) is 1. The average Bonchev–Trinajstić information content (AvgIpc) is 2.36. The smallest absolute Gasteiger partial charge is 0.331 e. The largest absolute Gasteiger partial charge is 0.467 e. The van der Waals surface area contributed by atoms with Crippen molar-refractivity contribution in [2.24, 2.45) is 0 Å². The third-order valence-corrected chi connectivity index (χ3v) is 3.26. The zero-order valence-electron chi connectivity index (χ0n) is 11.3. The van der Waals surface area contributed by atoms with Gasteiger partial charge in [0.2, 0.25) is 0 Å². The van der Waals surface area contributed by atoms with E-state index in [1.165, 1.54) is 12.7 Å². The van der Waals surface area contributed by atoms with Crippen molar-refractivity contribution in [3.8, 4) is 0 Å². The molecule has 0 amide bonds. The topological polar surface area (TPSA) is 29.5 Å². The summed E-state index contributed by atoms with van der Waals surface area (Å²) in [6, 6.07) is 8.23. The van der Waals surface area contributed by atoms with Gasteiger partial charge in [-0.15, -0.1) is 0 Å². The van der Waals surface area contributed by atoms with Crippen LogP contribution in [-0.2, 0) is 16.0 Å². The summed E-state index contributed by atoms with van der Waals surface area (Å²) in [5, 5.41) is 0. The van der Waals surface area contributed by atoms with Crippen LogP contribution in [-0.4, -0.2) is 25.7 Å². The molecule has 0 aliphatic rings. The summed E-state index contributed by atoms with van der Waals surface area (Å²) < 4.78 is 4.82. The Balaban J connectivity index is 2.95. The van der Waals surface area contributed by atoms with Crippen molar-refractivity contribution in [2.45, 2.75) is 32.7 Å². The predicted molar refractivity (Wildman–Crippen MR) is 70.3 cm³/mol. The molecule has 0 saturated heterocycles. The van der Waals surface area contributed by atoms with Crippen molar-refractivity contribution < 1.29 is 9.53 Å². The van der Waals surface area contributed by atoms with Crippen LogP contribution in [0.5, 0.6) is 0 Å². The Morgan fingerprint density at radius 1 is 1.29 bits per heavy atom. The van der Waals surface area contributed by atoms with Gasteiger partial charge in [0.25, 0.3) is 0 Å². The molecule has 94 valence electrons. The highest BCUT2D eigenvalue weighted by molar-refractivity contribution is 5.84. The SMILES string of the molecule is CCc1ccc(N(C)C(C)(C)C(=O)OC)cc1. The van der Waals surface area contributed by atoms with Gasteiger partial charge in [0.15, 0.2) is 0 Å². The highest BCUT2D eigenvalue weighted by atomic mass is 16.5. The monoisotopic (exact) mass is 235 g/mol. The zero-order valence-corrected chi connectivity index (χ0v) is 11.3. The van der Waals surface area contributed by atoms with Crippen molar-refractivity contribution in [3.05, 3.63) is 29.8 Å². The van der Waals surface area contributed by atoms with Gasteiger partial charge in [-0.2, -0.15) is 0 Å². The van der Waals surface area contributed by atoms with Gasteiger partial charge < -0.3 is 9.64 Å². The Morgan fingerprint density at radius 3 is 2.24 bits per heavy atom. The van der Waals surface area contributed by atoms with Gasteiger partial charge in [-0.3, -0.25) is 0 Å². The van der Waals surface area contributed by atoms with E-state index >= 15 is 0 Å². The van der Waals surface area contributed by atoms with Crippen molar-refractivity contribution >= 4 is 11.7 Å². The van der Waals surface area contributed by atoms with Gasteiger partial charge in [0.1, 0.15) is 5.54 Å². The number of hydrogen-bond acceptors (Lipinski definition) is 3. The Kier molecular flexibility index (Phi) is 4.16. The molecule has 0 heterocycles. The van der Waals surface area contributed by atoms with Crippen LogP contribution in [0.4, 0.5) is 5.69 Å². The molecule has 3 heteroatoms. The molecule has 0 spiro atoms. The number of likely N-dealkylation sites (N-methyl/N-ethyl adjacent to an activating group) is 1. The lowest BCUT2D eigenvalue weighted by atomic mass is 10.0. The number of esters is 1. The minimum Gasteiger partial charge on any atom is -0.467 e. The lowest BCUT2D eigenvalue weighted by Crippen LogP contribution is -2.48. The fourth-order valence-corrected chi connectivity index (χ4v) is 1.66. The van der Waals surface area contributed by atoms with E-state index < -0.39 is 5.54 Å². The van der Waals surface area contributed by atoms with E-state index in [0.29, 0.717) is 0 Å². The third-order valence-electron chi connectivity index (χ3n) is 3.26. The molecule has 0 unspecified atom stereocenters. The van der Waals surface area contributed by atoms with Crippen molar-refractivity contribution in [1.29, 1.82) is 0 Å². The Labute approximate surface area is 103 Å². The van der Waals surface area contributed by atoms with Crippen LogP contribution in [0.3, 0.4) is 0 Å². The molecular formula is C14H21NO2. The summed E-state index contributed by atoms with van der Waals surface area (Å²) >= 11 is 0. The summed E-state index contributed by atoms with van der Waals surface area (Å²) in [5.74, 6) is -0.237. The number of nitrogens with zero attached hydrogens (tertiary/aromatic N) is 1. The molecular weight excluding hydrogens is 214 g/mol. The Bertz CT molecular complexity index is 382. The maximum absolute atomic E-state index is 11.7. The van der Waals surface area contributed by atoms with Gasteiger partial charge in [-0.05, 0) is 38.0 Å². The average molecular weight is 235 g/mol. The molecule has 17 heavy (non-hydrogen) atoms. The fraction of sp³-hybridized carbons (Fsp3) is 0.500. The van der Waals surface area contributed by atoms with E-state index in [4.69, 9.17) is 4.74 Å². The molecule has 0 aliphatic carbocycles. The summed E-state index contributed by atoms with van der Waals surface area (Å²) in [6.07, 6.45) is 1.02. The van der Waals surface area contributed by atoms with E-state index in [-0.39, 0.29) is 5.97 Å². The number of anilines is 1. The first-order chi connectivity index (χ1) is 7.93. The van der Waals surface area contributed by atoms with Crippen molar-refractivity contribution in [1.82, 2.24) is 0 Å². The van der Waals surface area contributed by atoms with Crippen LogP contribution in [0.2, 0.25) is 0 Å². The number of benzene rings is 1. The maximum Gasteiger partial charge on any atom is 0.331 e. The first-order valence-corrected chi connectivity index (χ1v) is 5.84. The van der Waals surface area contributed by atoms with Gasteiger partial charge in [-0.25, -0.2) is 4.79 Å². The van der Waals surface area contributed by atoms with Crippen molar-refractivity contribution in [2.75, 3.05) is 19.1 Å². The molecule has 1 rings (SSSR count). The standard InChI is InChI=1S/C14H21NO2/c1-6-11-7-9-12(10-8-11)15(4)14(2,3)13(16)17-5/h7-10H,6H2,1-5H3. The van der Waals surface area contributed by atoms with E-state index in [9.17, 15) is 4.79 Å². The number of rotatable bonds is 4. The number of carbonyl (C=O) groups excluding carboxylic acids is 1. The Hall–Kier alpha value is -1.51. The lowest BCUT2D eigenvalue weighted by molar-refractivity contribution is -0.145. The predicted octanol–water partition coefficient (Wildman–Crippen LogP) is 2.64. The van der Waals surface area contributed by atoms with E-state index in [0.717, 1.165) is 12.1 Å². The van der Waals surface area contributed by atoms with Crippen molar-refractivity contribution in [3.63, 3.8) is 0 Å². The number of aryl methyl sites for hydroxylation is 1. The second kappa shape index (κ2) is 5.21. The van der Waals surface area contributed by atoms with Crippen LogP contribution >= 0.6 is 0 Å². The third kappa shape index (κ3) is 2.78. The van der Waals surface area contributed by atoms with Gasteiger partial charge >= 0.3 is 5.97 Å². The number of carbonyl (C=O) groups is 1. The van der Waals surface area contributed by atoms with E-state index in [1.54, 1.807) is 0 Å². The van der Waals surface area contributed by atoms with E-state index in [1.807, 2.05) is 37.9 Å². The first kappa shape index (κ1) is 13.6. The minimum absolute atomic E-state index is 0.237. The summed E-state index contributed by atoms with van der Waals surface area (Å²) in [5.41, 5.74) is 1.64.